The number of nitrogens with one attached hydrogen (secondary N) is 1. The molecule has 0 saturated heterocycles. The Morgan fingerprint density at radius 2 is 1.91 bits per heavy atom. The van der Waals surface area contributed by atoms with Gasteiger partial charge in [-0.2, -0.15) is 13.2 Å². The molecule has 0 spiro atoms. The number of aromatic nitrogens is 7. The summed E-state index contributed by atoms with van der Waals surface area (Å²) in [7, 11) is 0. The van der Waals surface area contributed by atoms with Gasteiger partial charge < -0.3 is 14.2 Å². The van der Waals surface area contributed by atoms with Crippen LogP contribution in [0.15, 0.2) is 61.6 Å². The van der Waals surface area contributed by atoms with Crippen LogP contribution in [0.4, 0.5) is 19.0 Å². The zero-order chi connectivity index (χ0) is 22.3. The molecule has 1 aliphatic rings. The molecule has 164 valence electrons. The third-order valence-electron chi connectivity index (χ3n) is 5.04. The second-order valence-electron chi connectivity index (χ2n) is 7.43. The number of alkyl halides is 3. The van der Waals surface area contributed by atoms with E-state index < -0.39 is 18.0 Å². The van der Waals surface area contributed by atoms with Crippen molar-refractivity contribution in [1.29, 1.82) is 0 Å². The average molecular weight is 443 g/mol. The van der Waals surface area contributed by atoms with Crippen LogP contribution in [0.3, 0.4) is 0 Å². The SMILES string of the molecule is OC(c1cn(-c2cc[n+](Nc3cccc(-c4nncn4C4CC4)n3)cc2)cn1)C(F)(F)F. The molecule has 0 aromatic carbocycles. The summed E-state index contributed by atoms with van der Waals surface area (Å²) in [5.41, 5.74) is 3.94. The molecular formula is C20H18F3N8O+. The molecule has 0 aliphatic heterocycles. The maximum absolute atomic E-state index is 12.7. The van der Waals surface area contributed by atoms with Gasteiger partial charge in [0.2, 0.25) is 12.4 Å². The van der Waals surface area contributed by atoms with E-state index in [4.69, 9.17) is 0 Å². The summed E-state index contributed by atoms with van der Waals surface area (Å²) in [4.78, 5) is 8.26. The topological polar surface area (TPSA) is 97.6 Å². The van der Waals surface area contributed by atoms with Crippen LogP contribution in [0.1, 0.15) is 30.7 Å². The van der Waals surface area contributed by atoms with Crippen LogP contribution in [0, 0.1) is 0 Å². The molecule has 1 atom stereocenters. The van der Waals surface area contributed by atoms with Crippen LogP contribution in [0.5, 0.6) is 0 Å². The van der Waals surface area contributed by atoms with Crippen LogP contribution in [-0.2, 0) is 0 Å². The lowest BCUT2D eigenvalue weighted by Gasteiger charge is -2.11. The first-order valence-corrected chi connectivity index (χ1v) is 9.83. The second-order valence-corrected chi connectivity index (χ2v) is 7.43. The lowest BCUT2D eigenvalue weighted by molar-refractivity contribution is -0.643. The molecule has 32 heavy (non-hydrogen) atoms. The van der Waals surface area contributed by atoms with E-state index >= 15 is 0 Å². The van der Waals surface area contributed by atoms with Crippen LogP contribution in [0.25, 0.3) is 17.2 Å². The van der Waals surface area contributed by atoms with Crippen molar-refractivity contribution >= 4 is 5.82 Å². The van der Waals surface area contributed by atoms with E-state index in [1.807, 2.05) is 22.8 Å². The Labute approximate surface area is 179 Å². The number of nitrogens with zero attached hydrogens (tertiary/aromatic N) is 7. The van der Waals surface area contributed by atoms with Crippen molar-refractivity contribution in [2.45, 2.75) is 31.2 Å². The van der Waals surface area contributed by atoms with Gasteiger partial charge in [-0.05, 0) is 25.0 Å². The fourth-order valence-corrected chi connectivity index (χ4v) is 3.25. The molecule has 12 heteroatoms. The predicted molar refractivity (Wildman–Crippen MR) is 105 cm³/mol. The molecular weight excluding hydrogens is 425 g/mol. The number of pyridine rings is 2. The first kappa shape index (κ1) is 20.1. The van der Waals surface area contributed by atoms with Crippen molar-refractivity contribution in [3.05, 3.63) is 67.3 Å². The highest BCUT2D eigenvalue weighted by molar-refractivity contribution is 5.53. The van der Waals surface area contributed by atoms with Gasteiger partial charge in [0.15, 0.2) is 17.7 Å². The van der Waals surface area contributed by atoms with Gasteiger partial charge in [-0.3, -0.25) is 0 Å². The molecule has 1 fully saturated rings. The highest BCUT2D eigenvalue weighted by Gasteiger charge is 2.40. The lowest BCUT2D eigenvalue weighted by Crippen LogP contribution is -2.41. The largest absolute Gasteiger partial charge is 0.420 e. The van der Waals surface area contributed by atoms with Crippen molar-refractivity contribution < 1.29 is 23.0 Å². The fraction of sp³-hybridized carbons (Fsp3) is 0.250. The second kappa shape index (κ2) is 7.71. The van der Waals surface area contributed by atoms with E-state index in [0.29, 0.717) is 29.1 Å². The number of aliphatic hydroxyl groups is 1. The Hall–Kier alpha value is -3.80. The maximum atomic E-state index is 12.7. The van der Waals surface area contributed by atoms with E-state index in [-0.39, 0.29) is 0 Å². The monoisotopic (exact) mass is 443 g/mol. The van der Waals surface area contributed by atoms with Gasteiger partial charge in [-0.15, -0.1) is 15.6 Å². The van der Waals surface area contributed by atoms with Gasteiger partial charge in [0.25, 0.3) is 0 Å². The number of halogens is 3. The Bertz CT molecular complexity index is 1230. The molecule has 2 N–H and O–H groups in total. The summed E-state index contributed by atoms with van der Waals surface area (Å²) in [6.45, 7) is 0. The van der Waals surface area contributed by atoms with E-state index in [0.717, 1.165) is 19.0 Å². The molecule has 4 aromatic heterocycles. The van der Waals surface area contributed by atoms with Gasteiger partial charge in [0, 0.05) is 24.4 Å². The van der Waals surface area contributed by atoms with Crippen LogP contribution in [-0.4, -0.2) is 40.6 Å². The van der Waals surface area contributed by atoms with Gasteiger partial charge in [0.1, 0.15) is 12.0 Å². The van der Waals surface area contributed by atoms with Gasteiger partial charge in [-0.1, -0.05) is 10.7 Å². The molecule has 4 aromatic rings. The quantitative estimate of drug-likeness (QED) is 0.445. The van der Waals surface area contributed by atoms with Crippen molar-refractivity contribution in [3.8, 4) is 17.2 Å². The molecule has 4 heterocycles. The fourth-order valence-electron chi connectivity index (χ4n) is 3.25. The van der Waals surface area contributed by atoms with Crippen molar-refractivity contribution in [3.63, 3.8) is 0 Å². The highest BCUT2D eigenvalue weighted by atomic mass is 19.4. The summed E-state index contributed by atoms with van der Waals surface area (Å²) in [5, 5.41) is 17.5. The molecule has 1 saturated carbocycles. The van der Waals surface area contributed by atoms with Crippen LogP contribution < -0.4 is 10.1 Å². The molecule has 0 bridgehead atoms. The Kier molecular flexibility index (Phi) is 4.85. The molecule has 0 amide bonds. The minimum absolute atomic E-state index is 0.432. The van der Waals surface area contributed by atoms with Gasteiger partial charge in [-0.25, -0.2) is 9.97 Å². The molecule has 1 aliphatic carbocycles. The summed E-state index contributed by atoms with van der Waals surface area (Å²) >= 11 is 0. The van der Waals surface area contributed by atoms with E-state index in [1.54, 1.807) is 35.5 Å². The van der Waals surface area contributed by atoms with Gasteiger partial charge in [0.05, 0.1) is 17.7 Å². The van der Waals surface area contributed by atoms with Crippen molar-refractivity contribution in [1.82, 2.24) is 29.3 Å². The van der Waals surface area contributed by atoms with E-state index in [1.165, 1.54) is 10.9 Å². The number of anilines is 1. The van der Waals surface area contributed by atoms with E-state index in [9.17, 15) is 18.3 Å². The number of hydrogen-bond donors (Lipinski definition) is 2. The van der Waals surface area contributed by atoms with E-state index in [2.05, 4.69) is 25.6 Å². The first-order valence-electron chi connectivity index (χ1n) is 9.83. The number of hydrogen-bond acceptors (Lipinski definition) is 6. The number of imidazole rings is 1. The third kappa shape index (κ3) is 4.04. The van der Waals surface area contributed by atoms with Gasteiger partial charge >= 0.3 is 6.18 Å². The minimum atomic E-state index is -4.77. The normalized spacial score (nSPS) is 15.0. The molecule has 1 unspecified atom stereocenters. The Morgan fingerprint density at radius 1 is 1.12 bits per heavy atom. The lowest BCUT2D eigenvalue weighted by atomic mass is 10.3. The summed E-state index contributed by atoms with van der Waals surface area (Å²) in [6.07, 6.45) is 2.30. The number of rotatable bonds is 6. The Morgan fingerprint density at radius 3 is 2.62 bits per heavy atom. The van der Waals surface area contributed by atoms with Crippen molar-refractivity contribution in [2.24, 2.45) is 0 Å². The smallest absolute Gasteiger partial charge is 0.378 e. The Balaban J connectivity index is 1.31. The molecule has 5 rings (SSSR count). The average Bonchev–Trinajstić information content (AvgIpc) is 3.30. The summed E-state index contributed by atoms with van der Waals surface area (Å²) in [6, 6.07) is 9.35. The summed E-state index contributed by atoms with van der Waals surface area (Å²) in [5.74, 6) is 1.30. The highest BCUT2D eigenvalue weighted by Crippen LogP contribution is 2.37. The number of aliphatic hydroxyl groups excluding tert-OH is 1. The maximum Gasteiger partial charge on any atom is 0.420 e. The standard InChI is InChI=1S/C20H18F3N8O/c21-20(22,23)18(32)16-10-29(11-24-16)13-6-8-30(9-7-13)28-17-3-1-2-15(26-17)19-27-25-12-31(19)14-4-5-14/h1-3,6-12,14,18,32H,4-5H2,(H,26,28)/q+1. The van der Waals surface area contributed by atoms with Crippen LogP contribution in [0.2, 0.25) is 0 Å². The zero-order valence-electron chi connectivity index (χ0n) is 16.6. The van der Waals surface area contributed by atoms with Crippen molar-refractivity contribution in [2.75, 3.05) is 5.43 Å². The third-order valence-corrected chi connectivity index (χ3v) is 5.04. The first-order chi connectivity index (χ1) is 15.4. The predicted octanol–water partition coefficient (Wildman–Crippen LogP) is 2.62. The van der Waals surface area contributed by atoms with Crippen LogP contribution >= 0.6 is 0 Å². The molecule has 9 nitrogen and oxygen atoms in total. The molecule has 0 radical (unpaired) electrons. The summed E-state index contributed by atoms with van der Waals surface area (Å²) < 4.78 is 43.1. The zero-order valence-corrected chi connectivity index (χ0v) is 16.6. The minimum Gasteiger partial charge on any atom is -0.378 e.